The van der Waals surface area contributed by atoms with Crippen molar-refractivity contribution in [1.82, 2.24) is 0 Å². The highest BCUT2D eigenvalue weighted by Gasteiger charge is 2.13. The Hall–Kier alpha value is -1.75. The minimum absolute atomic E-state index is 0.0556. The quantitative estimate of drug-likeness (QED) is 0.508. The van der Waals surface area contributed by atoms with Gasteiger partial charge in [-0.15, -0.1) is 0 Å². The van der Waals surface area contributed by atoms with E-state index in [9.17, 15) is 8.78 Å². The van der Waals surface area contributed by atoms with Gasteiger partial charge in [0.1, 0.15) is 17.3 Å². The van der Waals surface area contributed by atoms with Crippen LogP contribution in [-0.2, 0) is 0 Å². The second kappa shape index (κ2) is 5.27. The minimum atomic E-state index is -0.526. The Balaban J connectivity index is 2.49. The van der Waals surface area contributed by atoms with E-state index in [0.29, 0.717) is 10.0 Å². The van der Waals surface area contributed by atoms with Crippen LogP contribution in [0.15, 0.2) is 52.1 Å². The lowest BCUT2D eigenvalue weighted by molar-refractivity contribution is 0.319. The summed E-state index contributed by atoms with van der Waals surface area (Å²) in [5.41, 5.74) is 0.632. The Bertz CT molecular complexity index is 596. The first kappa shape index (κ1) is 12.7. The van der Waals surface area contributed by atoms with Crippen LogP contribution in [0.3, 0.4) is 0 Å². The van der Waals surface area contributed by atoms with Crippen LogP contribution in [0.5, 0.6) is 0 Å². The van der Waals surface area contributed by atoms with Crippen molar-refractivity contribution in [3.8, 4) is 0 Å². The number of hydrogen-bond acceptors (Lipinski definition) is 2. The SMILES string of the molecule is ON=C(c1ccc(F)cc1)c1ccc(Br)cc1F. The van der Waals surface area contributed by atoms with Gasteiger partial charge in [0, 0.05) is 15.6 Å². The zero-order valence-electron chi connectivity index (χ0n) is 9.07. The molecular weight excluding hydrogens is 304 g/mol. The summed E-state index contributed by atoms with van der Waals surface area (Å²) < 4.78 is 27.1. The standard InChI is InChI=1S/C13H8BrF2NO/c14-9-3-6-11(12(16)7-9)13(17-18)8-1-4-10(15)5-2-8/h1-7,18H. The molecule has 92 valence electrons. The van der Waals surface area contributed by atoms with Crippen LogP contribution in [0.25, 0.3) is 0 Å². The molecule has 5 heteroatoms. The molecule has 0 aromatic heterocycles. The fourth-order valence-corrected chi connectivity index (χ4v) is 1.89. The zero-order valence-corrected chi connectivity index (χ0v) is 10.7. The van der Waals surface area contributed by atoms with E-state index >= 15 is 0 Å². The predicted molar refractivity (Wildman–Crippen MR) is 67.9 cm³/mol. The molecule has 0 fully saturated rings. The first-order valence-electron chi connectivity index (χ1n) is 5.05. The lowest BCUT2D eigenvalue weighted by Crippen LogP contribution is -2.06. The van der Waals surface area contributed by atoms with Crippen molar-refractivity contribution in [2.24, 2.45) is 5.16 Å². The summed E-state index contributed by atoms with van der Waals surface area (Å²) in [6.07, 6.45) is 0. The van der Waals surface area contributed by atoms with E-state index in [1.54, 1.807) is 6.07 Å². The summed E-state index contributed by atoms with van der Waals surface area (Å²) in [6, 6.07) is 9.67. The minimum Gasteiger partial charge on any atom is -0.410 e. The third-order valence-corrected chi connectivity index (χ3v) is 2.90. The van der Waals surface area contributed by atoms with E-state index in [1.165, 1.54) is 36.4 Å². The molecule has 0 heterocycles. The number of rotatable bonds is 2. The van der Waals surface area contributed by atoms with Crippen molar-refractivity contribution in [2.75, 3.05) is 0 Å². The average Bonchev–Trinajstić information content (AvgIpc) is 2.35. The number of oxime groups is 1. The molecule has 0 radical (unpaired) electrons. The van der Waals surface area contributed by atoms with Gasteiger partial charge >= 0.3 is 0 Å². The lowest BCUT2D eigenvalue weighted by Gasteiger charge is -2.06. The topological polar surface area (TPSA) is 32.6 Å². The summed E-state index contributed by atoms with van der Waals surface area (Å²) in [6.45, 7) is 0. The van der Waals surface area contributed by atoms with Crippen LogP contribution >= 0.6 is 15.9 Å². The highest BCUT2D eigenvalue weighted by molar-refractivity contribution is 9.10. The number of halogens is 3. The predicted octanol–water partition coefficient (Wildman–Crippen LogP) is 3.95. The van der Waals surface area contributed by atoms with E-state index in [0.717, 1.165) is 0 Å². The smallest absolute Gasteiger partial charge is 0.133 e. The number of hydrogen-bond donors (Lipinski definition) is 1. The number of nitrogens with zero attached hydrogens (tertiary/aromatic N) is 1. The maximum absolute atomic E-state index is 13.8. The molecule has 2 aromatic carbocycles. The van der Waals surface area contributed by atoms with Gasteiger partial charge < -0.3 is 5.21 Å². The van der Waals surface area contributed by atoms with Crippen LogP contribution < -0.4 is 0 Å². The fourth-order valence-electron chi connectivity index (χ4n) is 1.56. The van der Waals surface area contributed by atoms with Crippen LogP contribution in [-0.4, -0.2) is 10.9 Å². The largest absolute Gasteiger partial charge is 0.410 e. The molecule has 0 aliphatic heterocycles. The molecule has 0 atom stereocenters. The number of benzene rings is 2. The molecule has 0 aliphatic rings. The van der Waals surface area contributed by atoms with Crippen molar-refractivity contribution in [3.05, 3.63) is 69.7 Å². The fraction of sp³-hybridized carbons (Fsp3) is 0. The summed E-state index contributed by atoms with van der Waals surface area (Å²) >= 11 is 3.14. The van der Waals surface area contributed by atoms with Gasteiger partial charge in [0.05, 0.1) is 0 Å². The third-order valence-electron chi connectivity index (χ3n) is 2.40. The third kappa shape index (κ3) is 2.56. The maximum atomic E-state index is 13.8. The van der Waals surface area contributed by atoms with Crippen molar-refractivity contribution < 1.29 is 14.0 Å². The molecule has 0 bridgehead atoms. The molecule has 2 rings (SSSR count). The van der Waals surface area contributed by atoms with Crippen molar-refractivity contribution in [2.45, 2.75) is 0 Å². The molecule has 0 saturated heterocycles. The van der Waals surface area contributed by atoms with E-state index in [4.69, 9.17) is 5.21 Å². The molecule has 0 amide bonds. The normalized spacial score (nSPS) is 11.6. The summed E-state index contributed by atoms with van der Waals surface area (Å²) in [5.74, 6) is -0.936. The van der Waals surface area contributed by atoms with Crippen molar-refractivity contribution in [3.63, 3.8) is 0 Å². The summed E-state index contributed by atoms with van der Waals surface area (Å²) in [4.78, 5) is 0. The maximum Gasteiger partial charge on any atom is 0.133 e. The van der Waals surface area contributed by atoms with Gasteiger partial charge in [-0.05, 0) is 42.5 Å². The van der Waals surface area contributed by atoms with Gasteiger partial charge in [0.25, 0.3) is 0 Å². The highest BCUT2D eigenvalue weighted by atomic mass is 79.9. The van der Waals surface area contributed by atoms with E-state index in [2.05, 4.69) is 21.1 Å². The van der Waals surface area contributed by atoms with Crippen molar-refractivity contribution >= 4 is 21.6 Å². The summed E-state index contributed by atoms with van der Waals surface area (Å²) in [5, 5.41) is 12.1. The molecular formula is C13H8BrF2NO. The van der Waals surface area contributed by atoms with E-state index in [1.807, 2.05) is 0 Å². The molecule has 1 N–H and O–H groups in total. The highest BCUT2D eigenvalue weighted by Crippen LogP contribution is 2.19. The average molecular weight is 312 g/mol. The molecule has 2 aromatic rings. The monoisotopic (exact) mass is 311 g/mol. The summed E-state index contributed by atoms with van der Waals surface area (Å²) in [7, 11) is 0. The molecule has 0 aliphatic carbocycles. The molecule has 0 saturated carbocycles. The van der Waals surface area contributed by atoms with Gasteiger partial charge in [-0.1, -0.05) is 21.1 Å². The molecule has 2 nitrogen and oxygen atoms in total. The Morgan fingerprint density at radius 1 is 1.06 bits per heavy atom. The van der Waals surface area contributed by atoms with Gasteiger partial charge in [-0.25, -0.2) is 8.78 Å². The Morgan fingerprint density at radius 2 is 1.72 bits per heavy atom. The van der Waals surface area contributed by atoms with Gasteiger partial charge in [-0.3, -0.25) is 0 Å². The first-order valence-corrected chi connectivity index (χ1v) is 5.84. The van der Waals surface area contributed by atoms with E-state index < -0.39 is 11.6 Å². The molecule has 18 heavy (non-hydrogen) atoms. The Kier molecular flexibility index (Phi) is 3.72. The van der Waals surface area contributed by atoms with Gasteiger partial charge in [0.15, 0.2) is 0 Å². The first-order chi connectivity index (χ1) is 8.61. The van der Waals surface area contributed by atoms with Gasteiger partial charge in [0.2, 0.25) is 0 Å². The van der Waals surface area contributed by atoms with Crippen LogP contribution in [0.1, 0.15) is 11.1 Å². The van der Waals surface area contributed by atoms with Crippen LogP contribution in [0.2, 0.25) is 0 Å². The molecule has 0 spiro atoms. The van der Waals surface area contributed by atoms with Crippen LogP contribution in [0.4, 0.5) is 8.78 Å². The van der Waals surface area contributed by atoms with Crippen LogP contribution in [0, 0.1) is 11.6 Å². The second-order valence-electron chi connectivity index (χ2n) is 3.58. The Labute approximate surface area is 111 Å². The second-order valence-corrected chi connectivity index (χ2v) is 4.50. The Morgan fingerprint density at radius 3 is 2.28 bits per heavy atom. The van der Waals surface area contributed by atoms with Crippen molar-refractivity contribution in [1.29, 1.82) is 0 Å². The molecule has 0 unspecified atom stereocenters. The van der Waals surface area contributed by atoms with Gasteiger partial charge in [-0.2, -0.15) is 0 Å². The lowest BCUT2D eigenvalue weighted by atomic mass is 10.0. The zero-order chi connectivity index (χ0) is 13.1. The van der Waals surface area contributed by atoms with E-state index in [-0.39, 0.29) is 11.3 Å².